The number of nitrogens with one attached hydrogen (secondary N) is 1. The lowest BCUT2D eigenvalue weighted by molar-refractivity contribution is -0.117. The molecule has 164 valence electrons. The van der Waals surface area contributed by atoms with Crippen molar-refractivity contribution in [3.8, 4) is 6.07 Å². The molecule has 1 aromatic heterocycles. The van der Waals surface area contributed by atoms with Crippen LogP contribution in [-0.4, -0.2) is 53.4 Å². The molecule has 0 spiro atoms. The van der Waals surface area contributed by atoms with E-state index in [4.69, 9.17) is 5.26 Å². The third kappa shape index (κ3) is 6.24. The lowest BCUT2D eigenvalue weighted by atomic mass is 10.1. The topological polar surface area (TPSA) is 72.3 Å². The Balaban J connectivity index is 1.20. The Morgan fingerprint density at radius 2 is 1.84 bits per heavy atom. The van der Waals surface area contributed by atoms with Crippen molar-refractivity contribution in [2.75, 3.05) is 38.0 Å². The Labute approximate surface area is 193 Å². The molecule has 7 heteroatoms. The Morgan fingerprint density at radius 1 is 1.09 bits per heavy atom. The van der Waals surface area contributed by atoms with E-state index in [1.165, 1.54) is 28.0 Å². The third-order valence-corrected chi connectivity index (χ3v) is 6.49. The lowest BCUT2D eigenvalue weighted by Crippen LogP contribution is -2.48. The van der Waals surface area contributed by atoms with Gasteiger partial charge in [0.15, 0.2) is 5.13 Å². The van der Waals surface area contributed by atoms with Gasteiger partial charge in [0.2, 0.25) is 5.91 Å². The van der Waals surface area contributed by atoms with Gasteiger partial charge in [-0.15, -0.1) is 11.3 Å². The molecule has 0 unspecified atom stereocenters. The van der Waals surface area contributed by atoms with E-state index >= 15 is 0 Å². The number of anilines is 1. The van der Waals surface area contributed by atoms with Crippen LogP contribution in [-0.2, 0) is 17.8 Å². The van der Waals surface area contributed by atoms with Crippen molar-refractivity contribution in [1.82, 2.24) is 14.8 Å². The SMILES string of the molecule is Cc1cccc(Cc2cnc(NC(=O)CN3CCN(Cc4ccc(C#N)cc4)CC3)s2)c1. The van der Waals surface area contributed by atoms with Crippen molar-refractivity contribution in [3.05, 3.63) is 81.9 Å². The summed E-state index contributed by atoms with van der Waals surface area (Å²) in [6.45, 7) is 6.91. The Hall–Kier alpha value is -3.05. The predicted octanol–water partition coefficient (Wildman–Crippen LogP) is 3.67. The van der Waals surface area contributed by atoms with Gasteiger partial charge < -0.3 is 5.32 Å². The number of carbonyl (C=O) groups excluding carboxylic acids is 1. The van der Waals surface area contributed by atoms with Crippen LogP contribution in [0.4, 0.5) is 5.13 Å². The van der Waals surface area contributed by atoms with Crippen molar-refractivity contribution in [3.63, 3.8) is 0 Å². The minimum atomic E-state index is -0.0120. The summed E-state index contributed by atoms with van der Waals surface area (Å²) in [5.74, 6) is -0.0120. The minimum Gasteiger partial charge on any atom is -0.301 e. The number of amides is 1. The van der Waals surface area contributed by atoms with Gasteiger partial charge in [0, 0.05) is 50.2 Å². The standard InChI is InChI=1S/C25H27N5OS/c1-19-3-2-4-22(13-19)14-23-16-27-25(32-23)28-24(31)18-30-11-9-29(10-12-30)17-21-7-5-20(15-26)6-8-21/h2-8,13,16H,9-12,14,17-18H2,1H3,(H,27,28,31). The fraction of sp³-hybridized carbons (Fsp3) is 0.320. The third-order valence-electron chi connectivity index (χ3n) is 5.58. The smallest absolute Gasteiger partial charge is 0.240 e. The second kappa shape index (κ2) is 10.5. The largest absolute Gasteiger partial charge is 0.301 e. The van der Waals surface area contributed by atoms with E-state index in [0.717, 1.165) is 44.0 Å². The highest BCUT2D eigenvalue weighted by Gasteiger charge is 2.19. The van der Waals surface area contributed by atoms with Crippen molar-refractivity contribution in [2.45, 2.75) is 19.9 Å². The molecule has 1 N–H and O–H groups in total. The normalized spacial score (nSPS) is 14.8. The number of carbonyl (C=O) groups is 1. The number of nitriles is 1. The molecule has 0 atom stereocenters. The number of nitrogens with zero attached hydrogens (tertiary/aromatic N) is 4. The average Bonchev–Trinajstić information content (AvgIpc) is 3.22. The monoisotopic (exact) mass is 445 g/mol. The van der Waals surface area contributed by atoms with Gasteiger partial charge >= 0.3 is 0 Å². The molecule has 32 heavy (non-hydrogen) atoms. The number of hydrogen-bond acceptors (Lipinski definition) is 6. The predicted molar refractivity (Wildman–Crippen MR) is 128 cm³/mol. The fourth-order valence-corrected chi connectivity index (χ4v) is 4.74. The second-order valence-electron chi connectivity index (χ2n) is 8.21. The molecule has 1 fully saturated rings. The maximum Gasteiger partial charge on any atom is 0.240 e. The van der Waals surface area contributed by atoms with Crippen LogP contribution in [0.2, 0.25) is 0 Å². The van der Waals surface area contributed by atoms with E-state index in [1.54, 1.807) is 0 Å². The van der Waals surface area contributed by atoms with Gasteiger partial charge in [0.1, 0.15) is 0 Å². The second-order valence-corrected chi connectivity index (χ2v) is 9.32. The van der Waals surface area contributed by atoms with E-state index in [0.29, 0.717) is 17.2 Å². The van der Waals surface area contributed by atoms with Crippen LogP contribution in [0.5, 0.6) is 0 Å². The minimum absolute atomic E-state index is 0.0120. The zero-order valence-electron chi connectivity index (χ0n) is 18.3. The van der Waals surface area contributed by atoms with Crippen molar-refractivity contribution >= 4 is 22.4 Å². The van der Waals surface area contributed by atoms with Gasteiger partial charge in [-0.2, -0.15) is 5.26 Å². The first-order valence-corrected chi connectivity index (χ1v) is 11.6. The Kier molecular flexibility index (Phi) is 7.28. The van der Waals surface area contributed by atoms with E-state index in [2.05, 4.69) is 57.4 Å². The molecule has 1 amide bonds. The summed E-state index contributed by atoms with van der Waals surface area (Å²) < 4.78 is 0. The zero-order chi connectivity index (χ0) is 22.3. The maximum atomic E-state index is 12.5. The first-order chi connectivity index (χ1) is 15.6. The molecule has 4 rings (SSSR count). The van der Waals surface area contributed by atoms with Crippen LogP contribution in [0.3, 0.4) is 0 Å². The molecular weight excluding hydrogens is 418 g/mol. The van der Waals surface area contributed by atoms with Crippen LogP contribution < -0.4 is 5.32 Å². The summed E-state index contributed by atoms with van der Waals surface area (Å²) in [6.07, 6.45) is 2.68. The van der Waals surface area contributed by atoms with Gasteiger partial charge in [-0.3, -0.25) is 14.6 Å². The molecule has 2 aromatic carbocycles. The molecule has 0 saturated carbocycles. The number of piperazine rings is 1. The summed E-state index contributed by atoms with van der Waals surface area (Å²) in [6, 6.07) is 18.4. The lowest BCUT2D eigenvalue weighted by Gasteiger charge is -2.34. The van der Waals surface area contributed by atoms with Gasteiger partial charge in [-0.1, -0.05) is 42.0 Å². The summed E-state index contributed by atoms with van der Waals surface area (Å²) in [5.41, 5.74) is 4.40. The van der Waals surface area contributed by atoms with Crippen LogP contribution in [0, 0.1) is 18.3 Å². The van der Waals surface area contributed by atoms with Gasteiger partial charge in [0.05, 0.1) is 18.2 Å². The van der Waals surface area contributed by atoms with Gasteiger partial charge in [-0.05, 0) is 30.2 Å². The maximum absolute atomic E-state index is 12.5. The highest BCUT2D eigenvalue weighted by atomic mass is 32.1. The molecule has 0 aliphatic carbocycles. The number of aryl methyl sites for hydroxylation is 1. The molecule has 0 bridgehead atoms. The number of benzene rings is 2. The van der Waals surface area contributed by atoms with E-state index in [-0.39, 0.29) is 5.91 Å². The quantitative estimate of drug-likeness (QED) is 0.601. The first-order valence-electron chi connectivity index (χ1n) is 10.8. The molecule has 1 aliphatic rings. The molecule has 3 aromatic rings. The van der Waals surface area contributed by atoms with Crippen molar-refractivity contribution < 1.29 is 4.79 Å². The van der Waals surface area contributed by atoms with E-state index < -0.39 is 0 Å². The van der Waals surface area contributed by atoms with Crippen LogP contribution in [0.25, 0.3) is 0 Å². The summed E-state index contributed by atoms with van der Waals surface area (Å²) >= 11 is 1.54. The van der Waals surface area contributed by atoms with E-state index in [1.807, 2.05) is 30.5 Å². The molecule has 2 heterocycles. The fourth-order valence-electron chi connectivity index (χ4n) is 3.88. The Bertz CT molecular complexity index is 1090. The average molecular weight is 446 g/mol. The Morgan fingerprint density at radius 3 is 2.56 bits per heavy atom. The summed E-state index contributed by atoms with van der Waals surface area (Å²) in [7, 11) is 0. The van der Waals surface area contributed by atoms with Gasteiger partial charge in [-0.25, -0.2) is 4.98 Å². The van der Waals surface area contributed by atoms with Crippen LogP contribution in [0.15, 0.2) is 54.7 Å². The summed E-state index contributed by atoms with van der Waals surface area (Å²) in [4.78, 5) is 22.6. The van der Waals surface area contributed by atoms with Crippen LogP contribution >= 0.6 is 11.3 Å². The van der Waals surface area contributed by atoms with E-state index in [9.17, 15) is 4.79 Å². The van der Waals surface area contributed by atoms with Crippen molar-refractivity contribution in [2.24, 2.45) is 0 Å². The molecule has 6 nitrogen and oxygen atoms in total. The highest BCUT2D eigenvalue weighted by molar-refractivity contribution is 7.15. The summed E-state index contributed by atoms with van der Waals surface area (Å²) in [5, 5.41) is 12.5. The molecular formula is C25H27N5OS. The number of aromatic nitrogens is 1. The number of rotatable bonds is 7. The number of thiazole rings is 1. The zero-order valence-corrected chi connectivity index (χ0v) is 19.1. The van der Waals surface area contributed by atoms with Crippen molar-refractivity contribution in [1.29, 1.82) is 5.26 Å². The first kappa shape index (κ1) is 22.2. The van der Waals surface area contributed by atoms with Gasteiger partial charge in [0.25, 0.3) is 0 Å². The number of hydrogen-bond donors (Lipinski definition) is 1. The molecule has 1 saturated heterocycles. The van der Waals surface area contributed by atoms with Crippen LogP contribution in [0.1, 0.15) is 27.1 Å². The molecule has 1 aliphatic heterocycles. The highest BCUT2D eigenvalue weighted by Crippen LogP contribution is 2.21. The molecule has 0 radical (unpaired) electrons.